The lowest BCUT2D eigenvalue weighted by atomic mass is 10.3. The minimum Gasteiger partial charge on any atom is -0.334 e. The van der Waals surface area contributed by atoms with Crippen LogP contribution < -0.4 is 0 Å². The Balaban J connectivity index is 2.85. The van der Waals surface area contributed by atoms with Crippen LogP contribution >= 0.6 is 15.9 Å². The molecule has 16 heavy (non-hydrogen) atoms. The molecule has 3 nitrogen and oxygen atoms in total. The van der Waals surface area contributed by atoms with E-state index in [0.29, 0.717) is 16.8 Å². The maximum Gasteiger partial charge on any atom is 0.272 e. The molecule has 0 unspecified atom stereocenters. The van der Waals surface area contributed by atoms with Gasteiger partial charge < -0.3 is 4.90 Å². The van der Waals surface area contributed by atoms with E-state index < -0.39 is 0 Å². The molecule has 0 saturated carbocycles. The molecule has 0 aromatic carbocycles. The Morgan fingerprint density at radius 1 is 1.62 bits per heavy atom. The first kappa shape index (κ1) is 12.9. The van der Waals surface area contributed by atoms with Crippen LogP contribution in [0.25, 0.3) is 0 Å². The van der Waals surface area contributed by atoms with Crippen LogP contribution in [0.5, 0.6) is 0 Å². The first-order valence-corrected chi connectivity index (χ1v) is 6.01. The van der Waals surface area contributed by atoms with Crippen molar-refractivity contribution < 1.29 is 4.79 Å². The van der Waals surface area contributed by atoms with Crippen molar-refractivity contribution >= 4 is 21.8 Å². The number of hydrogen-bond acceptors (Lipinski definition) is 2. The lowest BCUT2D eigenvalue weighted by Crippen LogP contribution is -2.32. The molecule has 4 heteroatoms. The highest BCUT2D eigenvalue weighted by atomic mass is 79.9. The second-order valence-corrected chi connectivity index (χ2v) is 4.20. The van der Waals surface area contributed by atoms with Crippen molar-refractivity contribution in [3.05, 3.63) is 41.2 Å². The minimum absolute atomic E-state index is 0.0527. The minimum atomic E-state index is -0.0527. The van der Waals surface area contributed by atoms with Crippen LogP contribution in [0, 0.1) is 0 Å². The van der Waals surface area contributed by atoms with Gasteiger partial charge in [-0.05, 0) is 34.5 Å². The van der Waals surface area contributed by atoms with Crippen LogP contribution in [0.3, 0.4) is 0 Å². The molecular weight excluding hydrogens is 268 g/mol. The molecule has 0 atom stereocenters. The Morgan fingerprint density at radius 3 is 2.94 bits per heavy atom. The van der Waals surface area contributed by atoms with Gasteiger partial charge in [0.25, 0.3) is 5.91 Å². The van der Waals surface area contributed by atoms with Gasteiger partial charge in [0.05, 0.1) is 0 Å². The van der Waals surface area contributed by atoms with Crippen LogP contribution in [0.2, 0.25) is 0 Å². The number of nitrogens with zero attached hydrogens (tertiary/aromatic N) is 2. The van der Waals surface area contributed by atoms with E-state index in [-0.39, 0.29) is 5.91 Å². The van der Waals surface area contributed by atoms with E-state index in [4.69, 9.17) is 0 Å². The summed E-state index contributed by atoms with van der Waals surface area (Å²) in [4.78, 5) is 18.0. The van der Waals surface area contributed by atoms with Crippen LogP contribution in [0.15, 0.2) is 35.5 Å². The summed E-state index contributed by atoms with van der Waals surface area (Å²) in [6, 6.07) is 5.33. The quantitative estimate of drug-likeness (QED) is 0.615. The van der Waals surface area contributed by atoms with Crippen molar-refractivity contribution in [3.63, 3.8) is 0 Å². The molecule has 1 rings (SSSR count). The molecule has 86 valence electrons. The molecule has 0 aliphatic rings. The molecule has 1 aromatic heterocycles. The molecular formula is C12H15BrN2O. The van der Waals surface area contributed by atoms with Crippen LogP contribution in [-0.2, 0) is 0 Å². The Morgan fingerprint density at radius 2 is 2.38 bits per heavy atom. The standard InChI is InChI=1S/C12H15BrN2O/c1-3-8-15(9-4-2)12(16)10-6-5-7-11(13)14-10/h3,5-7H,1,4,8-9H2,2H3. The Kier molecular flexibility index (Phi) is 5.19. The second kappa shape index (κ2) is 6.43. The normalized spacial score (nSPS) is 9.88. The Hall–Kier alpha value is -1.16. The largest absolute Gasteiger partial charge is 0.334 e. The van der Waals surface area contributed by atoms with Gasteiger partial charge in [-0.3, -0.25) is 4.79 Å². The predicted molar refractivity (Wildman–Crippen MR) is 68.3 cm³/mol. The summed E-state index contributed by atoms with van der Waals surface area (Å²) < 4.78 is 0.674. The van der Waals surface area contributed by atoms with Crippen molar-refractivity contribution in [2.24, 2.45) is 0 Å². The zero-order valence-electron chi connectivity index (χ0n) is 9.32. The fraction of sp³-hybridized carbons (Fsp3) is 0.333. The first-order valence-electron chi connectivity index (χ1n) is 5.21. The molecule has 0 aliphatic carbocycles. The molecule has 0 spiro atoms. The lowest BCUT2D eigenvalue weighted by molar-refractivity contribution is 0.0768. The molecule has 0 saturated heterocycles. The number of rotatable bonds is 5. The molecule has 0 aliphatic heterocycles. The number of halogens is 1. The Labute approximate surface area is 104 Å². The molecule has 1 aromatic rings. The Bertz CT molecular complexity index is 379. The zero-order chi connectivity index (χ0) is 12.0. The highest BCUT2D eigenvalue weighted by Crippen LogP contribution is 2.09. The summed E-state index contributed by atoms with van der Waals surface area (Å²) in [5, 5.41) is 0. The van der Waals surface area contributed by atoms with Gasteiger partial charge >= 0.3 is 0 Å². The van der Waals surface area contributed by atoms with Crippen molar-refractivity contribution in [3.8, 4) is 0 Å². The van der Waals surface area contributed by atoms with Crippen molar-refractivity contribution in [2.45, 2.75) is 13.3 Å². The van der Waals surface area contributed by atoms with Crippen molar-refractivity contribution in [2.75, 3.05) is 13.1 Å². The number of aromatic nitrogens is 1. The summed E-state index contributed by atoms with van der Waals surface area (Å²) >= 11 is 3.26. The number of pyridine rings is 1. The van der Waals surface area contributed by atoms with E-state index in [1.165, 1.54) is 0 Å². The number of hydrogen-bond donors (Lipinski definition) is 0. The number of carbonyl (C=O) groups is 1. The zero-order valence-corrected chi connectivity index (χ0v) is 10.9. The molecule has 1 amide bonds. The maximum absolute atomic E-state index is 12.1. The van der Waals surface area contributed by atoms with Gasteiger partial charge in [-0.15, -0.1) is 6.58 Å². The van der Waals surface area contributed by atoms with E-state index in [1.807, 2.05) is 13.0 Å². The highest BCUT2D eigenvalue weighted by molar-refractivity contribution is 9.10. The topological polar surface area (TPSA) is 33.2 Å². The summed E-state index contributed by atoms with van der Waals surface area (Å²) in [6.07, 6.45) is 2.65. The first-order chi connectivity index (χ1) is 7.69. The van der Waals surface area contributed by atoms with Gasteiger partial charge in [-0.2, -0.15) is 0 Å². The fourth-order valence-corrected chi connectivity index (χ4v) is 1.73. The average molecular weight is 283 g/mol. The van der Waals surface area contributed by atoms with Gasteiger partial charge in [0, 0.05) is 13.1 Å². The monoisotopic (exact) mass is 282 g/mol. The molecule has 0 bridgehead atoms. The van der Waals surface area contributed by atoms with Gasteiger partial charge in [-0.1, -0.05) is 19.1 Å². The van der Waals surface area contributed by atoms with Gasteiger partial charge in [0.2, 0.25) is 0 Å². The smallest absolute Gasteiger partial charge is 0.272 e. The fourth-order valence-electron chi connectivity index (χ4n) is 1.39. The molecule has 1 heterocycles. The summed E-state index contributed by atoms with van der Waals surface area (Å²) in [5.74, 6) is -0.0527. The molecule has 0 N–H and O–H groups in total. The third kappa shape index (κ3) is 3.45. The number of amides is 1. The molecule has 0 radical (unpaired) electrons. The summed E-state index contributed by atoms with van der Waals surface area (Å²) in [7, 11) is 0. The maximum atomic E-state index is 12.1. The van der Waals surface area contributed by atoms with Crippen LogP contribution in [-0.4, -0.2) is 28.9 Å². The van der Waals surface area contributed by atoms with E-state index in [2.05, 4.69) is 27.5 Å². The summed E-state index contributed by atoms with van der Waals surface area (Å²) in [5.41, 5.74) is 0.463. The van der Waals surface area contributed by atoms with Gasteiger partial charge in [0.1, 0.15) is 10.3 Å². The van der Waals surface area contributed by atoms with Crippen molar-refractivity contribution in [1.29, 1.82) is 0 Å². The number of carbonyl (C=O) groups excluding carboxylic acids is 1. The lowest BCUT2D eigenvalue weighted by Gasteiger charge is -2.19. The average Bonchev–Trinajstić information content (AvgIpc) is 2.28. The van der Waals surface area contributed by atoms with E-state index in [9.17, 15) is 4.79 Å². The van der Waals surface area contributed by atoms with Crippen LogP contribution in [0.1, 0.15) is 23.8 Å². The highest BCUT2D eigenvalue weighted by Gasteiger charge is 2.14. The van der Waals surface area contributed by atoms with E-state index in [1.54, 1.807) is 23.1 Å². The van der Waals surface area contributed by atoms with Crippen LogP contribution in [0.4, 0.5) is 0 Å². The third-order valence-electron chi connectivity index (χ3n) is 2.06. The van der Waals surface area contributed by atoms with Gasteiger partial charge in [0.15, 0.2) is 0 Å². The third-order valence-corrected chi connectivity index (χ3v) is 2.51. The van der Waals surface area contributed by atoms with E-state index in [0.717, 1.165) is 13.0 Å². The van der Waals surface area contributed by atoms with E-state index >= 15 is 0 Å². The van der Waals surface area contributed by atoms with Crippen molar-refractivity contribution in [1.82, 2.24) is 9.88 Å². The molecule has 0 fully saturated rings. The second-order valence-electron chi connectivity index (χ2n) is 3.39. The summed E-state index contributed by atoms with van der Waals surface area (Å²) in [6.45, 7) is 6.97. The van der Waals surface area contributed by atoms with Gasteiger partial charge in [-0.25, -0.2) is 4.98 Å². The SMILES string of the molecule is C=CCN(CCC)C(=O)c1cccc(Br)n1. The predicted octanol–water partition coefficient (Wildman–Crippen LogP) is 2.88.